The maximum atomic E-state index is 13.7. The van der Waals surface area contributed by atoms with Crippen LogP contribution in [0.2, 0.25) is 0 Å². The summed E-state index contributed by atoms with van der Waals surface area (Å²) in [5.74, 6) is -0.0648. The van der Waals surface area contributed by atoms with Gasteiger partial charge in [-0.3, -0.25) is 20.2 Å². The summed E-state index contributed by atoms with van der Waals surface area (Å²) in [5, 5.41) is 9.31. The Hall–Kier alpha value is -4.07. The zero-order valence-corrected chi connectivity index (χ0v) is 15.3. The SMILES string of the molecule is Cn1c(=N)n(-c2nccc(=O)[nH]2)c2c3cc(-c4cccc(F)c4)ccc3ncc21. The summed E-state index contributed by atoms with van der Waals surface area (Å²) in [5.41, 5.74) is 3.51. The molecule has 0 aliphatic carbocycles. The van der Waals surface area contributed by atoms with Gasteiger partial charge in [0.1, 0.15) is 5.82 Å². The number of hydrogen-bond donors (Lipinski definition) is 2. The van der Waals surface area contributed by atoms with Crippen molar-refractivity contribution >= 4 is 21.9 Å². The average molecular weight is 386 g/mol. The molecule has 2 N–H and O–H groups in total. The molecular weight excluding hydrogens is 371 g/mol. The van der Waals surface area contributed by atoms with Gasteiger partial charge in [-0.15, -0.1) is 0 Å². The molecule has 0 aliphatic rings. The first-order valence-electron chi connectivity index (χ1n) is 8.89. The van der Waals surface area contributed by atoms with E-state index in [2.05, 4.69) is 15.0 Å². The first-order chi connectivity index (χ1) is 14.0. The van der Waals surface area contributed by atoms with E-state index >= 15 is 0 Å². The van der Waals surface area contributed by atoms with E-state index in [0.29, 0.717) is 11.0 Å². The molecule has 0 fully saturated rings. The number of aromatic nitrogens is 5. The number of benzene rings is 2. The minimum Gasteiger partial charge on any atom is -0.312 e. The van der Waals surface area contributed by atoms with Crippen LogP contribution in [0.3, 0.4) is 0 Å². The normalized spacial score (nSPS) is 11.4. The molecule has 0 unspecified atom stereocenters. The van der Waals surface area contributed by atoms with E-state index in [9.17, 15) is 9.18 Å². The maximum absolute atomic E-state index is 13.7. The third kappa shape index (κ3) is 2.65. The number of H-pyrrole nitrogens is 1. The molecule has 5 rings (SSSR count). The van der Waals surface area contributed by atoms with Gasteiger partial charge < -0.3 is 4.57 Å². The summed E-state index contributed by atoms with van der Waals surface area (Å²) in [6, 6.07) is 13.3. The first-order valence-corrected chi connectivity index (χ1v) is 8.89. The second-order valence-electron chi connectivity index (χ2n) is 6.71. The van der Waals surface area contributed by atoms with E-state index in [1.165, 1.54) is 24.4 Å². The molecule has 5 aromatic rings. The van der Waals surface area contributed by atoms with Crippen LogP contribution in [0.1, 0.15) is 0 Å². The molecule has 0 saturated carbocycles. The number of pyridine rings is 1. The lowest BCUT2D eigenvalue weighted by molar-refractivity contribution is 0.628. The summed E-state index contributed by atoms with van der Waals surface area (Å²) in [4.78, 5) is 23.3. The van der Waals surface area contributed by atoms with Gasteiger partial charge in [-0.1, -0.05) is 18.2 Å². The third-order valence-corrected chi connectivity index (χ3v) is 4.96. The number of fused-ring (bicyclic) bond motifs is 3. The monoisotopic (exact) mass is 386 g/mol. The van der Waals surface area contributed by atoms with E-state index in [0.717, 1.165) is 22.0 Å². The van der Waals surface area contributed by atoms with Gasteiger partial charge >= 0.3 is 0 Å². The molecule has 0 radical (unpaired) electrons. The molecule has 8 heteroatoms. The van der Waals surface area contributed by atoms with Crippen molar-refractivity contribution in [2.45, 2.75) is 0 Å². The van der Waals surface area contributed by atoms with Crippen molar-refractivity contribution in [3.8, 4) is 17.1 Å². The van der Waals surface area contributed by atoms with Gasteiger partial charge in [-0.25, -0.2) is 13.9 Å². The molecule has 142 valence electrons. The van der Waals surface area contributed by atoms with Crippen molar-refractivity contribution < 1.29 is 4.39 Å². The molecule has 0 saturated heterocycles. The highest BCUT2D eigenvalue weighted by molar-refractivity contribution is 6.04. The lowest BCUT2D eigenvalue weighted by Gasteiger charge is -2.08. The number of rotatable bonds is 2. The number of aryl methyl sites for hydroxylation is 1. The Bertz CT molecular complexity index is 1530. The van der Waals surface area contributed by atoms with Crippen molar-refractivity contribution in [1.82, 2.24) is 24.1 Å². The van der Waals surface area contributed by atoms with Crippen LogP contribution in [0.25, 0.3) is 39.0 Å². The van der Waals surface area contributed by atoms with Crippen LogP contribution in [0.5, 0.6) is 0 Å². The highest BCUT2D eigenvalue weighted by Gasteiger charge is 2.16. The smallest absolute Gasteiger partial charge is 0.252 e. The van der Waals surface area contributed by atoms with Crippen LogP contribution in [0, 0.1) is 11.2 Å². The maximum Gasteiger partial charge on any atom is 0.252 e. The van der Waals surface area contributed by atoms with Crippen molar-refractivity contribution in [3.63, 3.8) is 0 Å². The molecular formula is C21H15FN6O. The van der Waals surface area contributed by atoms with Crippen molar-refractivity contribution in [3.05, 3.63) is 82.7 Å². The predicted octanol–water partition coefficient (Wildman–Crippen LogP) is 2.89. The Morgan fingerprint density at radius 1 is 1.07 bits per heavy atom. The molecule has 0 amide bonds. The molecule has 0 spiro atoms. The second kappa shape index (κ2) is 6.23. The summed E-state index contributed by atoms with van der Waals surface area (Å²) in [6.45, 7) is 0. The molecule has 0 atom stereocenters. The van der Waals surface area contributed by atoms with Gasteiger partial charge in [0.25, 0.3) is 5.56 Å². The Labute approximate surface area is 163 Å². The second-order valence-corrected chi connectivity index (χ2v) is 6.71. The summed E-state index contributed by atoms with van der Waals surface area (Å²) >= 11 is 0. The van der Waals surface area contributed by atoms with E-state index < -0.39 is 0 Å². The van der Waals surface area contributed by atoms with Crippen molar-refractivity contribution in [2.24, 2.45) is 7.05 Å². The molecule has 3 heterocycles. The summed E-state index contributed by atoms with van der Waals surface area (Å²) < 4.78 is 17.0. The summed E-state index contributed by atoms with van der Waals surface area (Å²) in [7, 11) is 1.76. The van der Waals surface area contributed by atoms with Crippen molar-refractivity contribution in [2.75, 3.05) is 0 Å². The number of aromatic amines is 1. The zero-order valence-electron chi connectivity index (χ0n) is 15.3. The minimum absolute atomic E-state index is 0.139. The number of nitrogens with zero attached hydrogens (tertiary/aromatic N) is 4. The fourth-order valence-corrected chi connectivity index (χ4v) is 3.55. The zero-order chi connectivity index (χ0) is 20.1. The van der Waals surface area contributed by atoms with Crippen molar-refractivity contribution in [1.29, 1.82) is 5.41 Å². The summed E-state index contributed by atoms with van der Waals surface area (Å²) in [6.07, 6.45) is 3.09. The van der Waals surface area contributed by atoms with Crippen LogP contribution in [-0.4, -0.2) is 24.1 Å². The van der Waals surface area contributed by atoms with E-state index in [1.54, 1.807) is 28.4 Å². The predicted molar refractivity (Wildman–Crippen MR) is 107 cm³/mol. The molecule has 0 aliphatic heterocycles. The quantitative estimate of drug-likeness (QED) is 0.489. The van der Waals surface area contributed by atoms with Crippen LogP contribution < -0.4 is 11.2 Å². The van der Waals surface area contributed by atoms with Gasteiger partial charge in [0.15, 0.2) is 0 Å². The lowest BCUT2D eigenvalue weighted by atomic mass is 10.0. The number of hydrogen-bond acceptors (Lipinski definition) is 4. The highest BCUT2D eigenvalue weighted by atomic mass is 19.1. The highest BCUT2D eigenvalue weighted by Crippen LogP contribution is 2.29. The Morgan fingerprint density at radius 3 is 2.69 bits per heavy atom. The molecule has 2 aromatic carbocycles. The van der Waals surface area contributed by atoms with Gasteiger partial charge in [0, 0.05) is 24.7 Å². The fraction of sp³-hybridized carbons (Fsp3) is 0.0476. The van der Waals surface area contributed by atoms with Gasteiger partial charge in [0.05, 0.1) is 22.7 Å². The van der Waals surface area contributed by atoms with Gasteiger partial charge in [-0.05, 0) is 35.4 Å². The Kier molecular flexibility index (Phi) is 3.67. The molecule has 3 aromatic heterocycles. The van der Waals surface area contributed by atoms with Crippen LogP contribution in [-0.2, 0) is 7.05 Å². The molecule has 29 heavy (non-hydrogen) atoms. The fourth-order valence-electron chi connectivity index (χ4n) is 3.55. The van der Waals surface area contributed by atoms with E-state index in [4.69, 9.17) is 5.41 Å². The van der Waals surface area contributed by atoms with E-state index in [-0.39, 0.29) is 22.9 Å². The Balaban J connectivity index is 1.90. The number of halogens is 1. The molecule has 7 nitrogen and oxygen atoms in total. The minimum atomic E-state index is -0.312. The lowest BCUT2D eigenvalue weighted by Crippen LogP contribution is -2.24. The standard InChI is InChI=1S/C21H15FN6O/c1-27-17-11-25-16-6-5-13(12-3-2-4-14(22)9-12)10-15(16)19(17)28(20(27)23)21-24-8-7-18(29)26-21/h2-11,23H,1H3,(H,24,26,29). The largest absolute Gasteiger partial charge is 0.312 e. The topological polar surface area (TPSA) is 92.4 Å². The van der Waals surface area contributed by atoms with Gasteiger partial charge in [-0.2, -0.15) is 0 Å². The first kappa shape index (κ1) is 17.1. The van der Waals surface area contributed by atoms with Crippen LogP contribution >= 0.6 is 0 Å². The van der Waals surface area contributed by atoms with Gasteiger partial charge in [0.2, 0.25) is 11.6 Å². The Morgan fingerprint density at radius 2 is 1.90 bits per heavy atom. The van der Waals surface area contributed by atoms with E-state index in [1.807, 2.05) is 24.3 Å². The third-order valence-electron chi connectivity index (χ3n) is 4.96. The van der Waals surface area contributed by atoms with Crippen LogP contribution in [0.15, 0.2) is 65.7 Å². The molecule has 0 bridgehead atoms. The number of imidazole rings is 1. The number of nitrogens with one attached hydrogen (secondary N) is 2. The average Bonchev–Trinajstić information content (AvgIpc) is 2.98. The van der Waals surface area contributed by atoms with Crippen LogP contribution in [0.4, 0.5) is 4.39 Å².